The Morgan fingerprint density at radius 1 is 0.968 bits per heavy atom. The zero-order valence-corrected chi connectivity index (χ0v) is 20.1. The number of hydrogen-bond donors (Lipinski definition) is 0. The summed E-state index contributed by atoms with van der Waals surface area (Å²) in [6.45, 7) is 8.61. The molecule has 0 aromatic heterocycles. The molecule has 4 fully saturated rings. The Balaban J connectivity index is 1.60. The lowest BCUT2D eigenvalue weighted by Crippen LogP contribution is -2.54. The minimum Gasteiger partial charge on any atom is -0.463 e. The zero-order chi connectivity index (χ0) is 22.4. The van der Waals surface area contributed by atoms with Gasteiger partial charge >= 0.3 is 5.97 Å². The summed E-state index contributed by atoms with van der Waals surface area (Å²) < 4.78 is 5.62. The maximum absolute atomic E-state index is 11.5. The van der Waals surface area contributed by atoms with Crippen molar-refractivity contribution < 1.29 is 19.2 Å². The van der Waals surface area contributed by atoms with Crippen molar-refractivity contribution in [2.45, 2.75) is 85.2 Å². The Bertz CT molecular complexity index is 765. The minimum atomic E-state index is -0.134. The van der Waals surface area contributed by atoms with Crippen LogP contribution in [0.4, 0.5) is 0 Å². The first kappa shape index (κ1) is 22.6. The summed E-state index contributed by atoms with van der Waals surface area (Å²) in [5.74, 6) is 2.79. The summed E-state index contributed by atoms with van der Waals surface area (Å²) in [5, 5.41) is 8.81. The molecule has 4 rings (SSSR count). The molecule has 0 spiro atoms. The quantitative estimate of drug-likeness (QED) is 0.347. The fourth-order valence-electron chi connectivity index (χ4n) is 8.50. The van der Waals surface area contributed by atoms with Gasteiger partial charge in [0, 0.05) is 12.8 Å². The smallest absolute Gasteiger partial charge is 0.302 e. The van der Waals surface area contributed by atoms with E-state index < -0.39 is 0 Å². The standard InChI is InChI=1S/C25H40N2O4/c1-15(26-29-5)23-22(27-30-6)14-21-19-8-7-17-13-18(31-16(2)28)9-11-24(17,3)20(19)10-12-25(21,23)4/h17-21,23H,7-14H2,1-6H3/b26-15+,27-22-/t17-,18+,19+,20-,21-,23-,24-,25-/m0/s1. The van der Waals surface area contributed by atoms with Gasteiger partial charge in [0.2, 0.25) is 0 Å². The molecule has 0 radical (unpaired) electrons. The molecule has 6 heteroatoms. The van der Waals surface area contributed by atoms with Crippen LogP contribution in [0.2, 0.25) is 0 Å². The van der Waals surface area contributed by atoms with E-state index in [9.17, 15) is 4.79 Å². The molecule has 8 atom stereocenters. The predicted octanol–water partition coefficient (Wildman–Crippen LogP) is 5.21. The molecule has 0 N–H and O–H groups in total. The van der Waals surface area contributed by atoms with Crippen LogP contribution in [0.3, 0.4) is 0 Å². The van der Waals surface area contributed by atoms with Crippen LogP contribution >= 0.6 is 0 Å². The van der Waals surface area contributed by atoms with Crippen LogP contribution in [0.15, 0.2) is 10.3 Å². The van der Waals surface area contributed by atoms with E-state index >= 15 is 0 Å². The fourth-order valence-corrected chi connectivity index (χ4v) is 8.50. The molecule has 4 aliphatic carbocycles. The number of fused-ring (bicyclic) bond motifs is 5. The normalized spacial score (nSPS) is 46.0. The Morgan fingerprint density at radius 2 is 1.71 bits per heavy atom. The van der Waals surface area contributed by atoms with Crippen LogP contribution in [0, 0.1) is 40.4 Å². The van der Waals surface area contributed by atoms with E-state index in [1.54, 1.807) is 14.2 Å². The third-order valence-electron chi connectivity index (χ3n) is 9.67. The monoisotopic (exact) mass is 432 g/mol. The summed E-state index contributed by atoms with van der Waals surface area (Å²) in [6.07, 6.45) is 9.32. The molecule has 0 bridgehead atoms. The van der Waals surface area contributed by atoms with Gasteiger partial charge in [-0.05, 0) is 92.8 Å². The van der Waals surface area contributed by atoms with Gasteiger partial charge in [0.1, 0.15) is 20.3 Å². The predicted molar refractivity (Wildman–Crippen MR) is 121 cm³/mol. The Labute approximate surface area is 187 Å². The molecule has 0 unspecified atom stereocenters. The average Bonchev–Trinajstić information content (AvgIpc) is 3.00. The van der Waals surface area contributed by atoms with Gasteiger partial charge in [-0.3, -0.25) is 4.79 Å². The third-order valence-corrected chi connectivity index (χ3v) is 9.67. The maximum Gasteiger partial charge on any atom is 0.302 e. The Hall–Kier alpha value is -1.59. The highest BCUT2D eigenvalue weighted by Gasteiger charge is 2.62. The highest BCUT2D eigenvalue weighted by Crippen LogP contribution is 2.67. The molecular formula is C25H40N2O4. The van der Waals surface area contributed by atoms with Crippen LogP contribution in [-0.4, -0.2) is 37.7 Å². The zero-order valence-electron chi connectivity index (χ0n) is 20.1. The van der Waals surface area contributed by atoms with Crippen LogP contribution in [0.5, 0.6) is 0 Å². The summed E-state index contributed by atoms with van der Waals surface area (Å²) in [7, 11) is 3.27. The van der Waals surface area contributed by atoms with Crippen molar-refractivity contribution in [1.29, 1.82) is 0 Å². The highest BCUT2D eigenvalue weighted by atomic mass is 16.6. The second-order valence-corrected chi connectivity index (χ2v) is 11.0. The van der Waals surface area contributed by atoms with E-state index in [1.807, 2.05) is 0 Å². The number of nitrogens with zero attached hydrogens (tertiary/aromatic N) is 2. The molecule has 0 aromatic carbocycles. The van der Waals surface area contributed by atoms with Gasteiger partial charge in [-0.1, -0.05) is 24.2 Å². The van der Waals surface area contributed by atoms with Crippen molar-refractivity contribution >= 4 is 17.4 Å². The summed E-state index contributed by atoms with van der Waals surface area (Å²) in [4.78, 5) is 21.9. The second-order valence-electron chi connectivity index (χ2n) is 11.0. The van der Waals surface area contributed by atoms with Gasteiger partial charge in [0.25, 0.3) is 0 Å². The largest absolute Gasteiger partial charge is 0.463 e. The second kappa shape index (κ2) is 8.40. The molecule has 4 saturated carbocycles. The average molecular weight is 433 g/mol. The lowest BCUT2D eigenvalue weighted by molar-refractivity contribution is -0.159. The first-order valence-electron chi connectivity index (χ1n) is 12.1. The molecular weight excluding hydrogens is 392 g/mol. The van der Waals surface area contributed by atoms with Crippen LogP contribution in [0.1, 0.15) is 79.1 Å². The number of carbonyl (C=O) groups is 1. The molecule has 0 saturated heterocycles. The van der Waals surface area contributed by atoms with Crippen molar-refractivity contribution in [1.82, 2.24) is 0 Å². The molecule has 4 aliphatic rings. The van der Waals surface area contributed by atoms with E-state index in [0.717, 1.165) is 36.6 Å². The molecule has 0 heterocycles. The Kier molecular flexibility index (Phi) is 6.12. The van der Waals surface area contributed by atoms with E-state index in [-0.39, 0.29) is 23.4 Å². The molecule has 6 nitrogen and oxygen atoms in total. The number of ether oxygens (including phenoxy) is 1. The lowest BCUT2D eigenvalue weighted by Gasteiger charge is -2.60. The Morgan fingerprint density at radius 3 is 2.39 bits per heavy atom. The first-order chi connectivity index (χ1) is 14.7. The fraction of sp³-hybridized carbons (Fsp3) is 0.880. The van der Waals surface area contributed by atoms with Crippen molar-refractivity contribution in [2.24, 2.45) is 50.7 Å². The van der Waals surface area contributed by atoms with Gasteiger partial charge in [0.05, 0.1) is 11.4 Å². The van der Waals surface area contributed by atoms with Gasteiger partial charge in [-0.15, -0.1) is 0 Å². The molecule has 0 amide bonds. The van der Waals surface area contributed by atoms with E-state index in [0.29, 0.717) is 23.2 Å². The topological polar surface area (TPSA) is 69.5 Å². The van der Waals surface area contributed by atoms with Crippen molar-refractivity contribution in [3.63, 3.8) is 0 Å². The number of carbonyl (C=O) groups excluding carboxylic acids is 1. The number of oxime groups is 2. The summed E-state index contributed by atoms with van der Waals surface area (Å²) in [5.41, 5.74) is 2.67. The van der Waals surface area contributed by atoms with Gasteiger partial charge in [0.15, 0.2) is 0 Å². The van der Waals surface area contributed by atoms with E-state index in [2.05, 4.69) is 31.1 Å². The molecule has 0 aliphatic heterocycles. The molecule has 174 valence electrons. The van der Waals surface area contributed by atoms with Crippen LogP contribution < -0.4 is 0 Å². The maximum atomic E-state index is 11.5. The third kappa shape index (κ3) is 3.68. The van der Waals surface area contributed by atoms with Crippen molar-refractivity contribution in [3.05, 3.63) is 0 Å². The molecule has 31 heavy (non-hydrogen) atoms. The number of rotatable bonds is 4. The molecule has 0 aromatic rings. The number of hydrogen-bond acceptors (Lipinski definition) is 6. The minimum absolute atomic E-state index is 0.116. The SMILES string of the molecule is CO/N=C1/C[C@H]2[C@@H]3CC[C@H]4C[C@H](OC(C)=O)CC[C@]4(C)[C@H]3CC[C@]2(C)[C@H]1/C(C)=N/OC. The van der Waals surface area contributed by atoms with E-state index in [1.165, 1.54) is 39.0 Å². The van der Waals surface area contributed by atoms with Crippen LogP contribution in [0.25, 0.3) is 0 Å². The summed E-state index contributed by atoms with van der Waals surface area (Å²) >= 11 is 0. The summed E-state index contributed by atoms with van der Waals surface area (Å²) in [6, 6.07) is 0. The van der Waals surface area contributed by atoms with Gasteiger partial charge in [-0.2, -0.15) is 0 Å². The van der Waals surface area contributed by atoms with Crippen molar-refractivity contribution in [2.75, 3.05) is 14.2 Å². The number of esters is 1. The first-order valence-corrected chi connectivity index (χ1v) is 12.1. The van der Waals surface area contributed by atoms with Crippen LogP contribution in [-0.2, 0) is 19.2 Å². The van der Waals surface area contributed by atoms with Crippen molar-refractivity contribution in [3.8, 4) is 0 Å². The van der Waals surface area contributed by atoms with Gasteiger partial charge < -0.3 is 14.4 Å². The van der Waals surface area contributed by atoms with E-state index in [4.69, 9.17) is 14.4 Å². The highest BCUT2D eigenvalue weighted by molar-refractivity contribution is 6.08. The van der Waals surface area contributed by atoms with Gasteiger partial charge in [-0.25, -0.2) is 0 Å². The lowest BCUT2D eigenvalue weighted by atomic mass is 9.44.